The van der Waals surface area contributed by atoms with Gasteiger partial charge in [0.15, 0.2) is 5.78 Å². The second-order valence-electron chi connectivity index (χ2n) is 7.66. The van der Waals surface area contributed by atoms with Crippen LogP contribution in [0.15, 0.2) is 22.8 Å². The molecule has 2 rings (SSSR count). The van der Waals surface area contributed by atoms with E-state index in [9.17, 15) is 14.4 Å². The van der Waals surface area contributed by atoms with Gasteiger partial charge < -0.3 is 24.4 Å². The van der Waals surface area contributed by atoms with E-state index in [0.29, 0.717) is 22.6 Å². The molecule has 0 aliphatic rings. The van der Waals surface area contributed by atoms with E-state index in [1.165, 1.54) is 18.3 Å². The number of H-pyrrole nitrogens is 1. The molecule has 0 aliphatic heterocycles. The van der Waals surface area contributed by atoms with Crippen molar-refractivity contribution in [2.45, 2.75) is 46.7 Å². The zero-order valence-corrected chi connectivity index (χ0v) is 17.1. The third kappa shape index (κ3) is 5.03. The number of hydrogen-bond acceptors (Lipinski definition) is 5. The predicted molar refractivity (Wildman–Crippen MR) is 103 cm³/mol. The third-order valence-electron chi connectivity index (χ3n) is 4.14. The average Bonchev–Trinajstić information content (AvgIpc) is 3.19. The normalized spacial score (nSPS) is 11.2. The first-order valence-corrected chi connectivity index (χ1v) is 8.93. The van der Waals surface area contributed by atoms with E-state index in [1.807, 2.05) is 20.8 Å². The molecule has 2 heterocycles. The molecule has 0 spiro atoms. The Labute approximate surface area is 164 Å². The lowest BCUT2D eigenvalue weighted by molar-refractivity contribution is 0.0593. The smallest absolute Gasteiger partial charge is 0.354 e. The number of aromatic nitrogens is 1. The van der Waals surface area contributed by atoms with Gasteiger partial charge in [0.2, 0.25) is 0 Å². The standard InChI is InChI=1S/C20H27N3O5/c1-12-16(13(2)21-17(12)18(25)27-6)15(24)11-23(10-14-8-7-9-28-14)19(26)22-20(3,4)5/h7-9,21H,10-11H2,1-6H3,(H,22,26). The van der Waals surface area contributed by atoms with Gasteiger partial charge in [0, 0.05) is 16.8 Å². The van der Waals surface area contributed by atoms with E-state index in [0.717, 1.165) is 0 Å². The number of carbonyl (C=O) groups is 3. The summed E-state index contributed by atoms with van der Waals surface area (Å²) in [5.41, 5.74) is 1.22. The Hall–Kier alpha value is -3.03. The van der Waals surface area contributed by atoms with Gasteiger partial charge in [-0.1, -0.05) is 0 Å². The summed E-state index contributed by atoms with van der Waals surface area (Å²) in [4.78, 5) is 41.9. The summed E-state index contributed by atoms with van der Waals surface area (Å²) in [5.74, 6) is -0.260. The van der Waals surface area contributed by atoms with Crippen molar-refractivity contribution in [1.82, 2.24) is 15.2 Å². The number of nitrogens with zero attached hydrogens (tertiary/aromatic N) is 1. The van der Waals surface area contributed by atoms with Crippen LogP contribution in [0.25, 0.3) is 0 Å². The first-order chi connectivity index (χ1) is 13.0. The summed E-state index contributed by atoms with van der Waals surface area (Å²) in [7, 11) is 1.28. The number of hydrogen-bond donors (Lipinski definition) is 2. The van der Waals surface area contributed by atoms with Crippen molar-refractivity contribution in [3.8, 4) is 0 Å². The van der Waals surface area contributed by atoms with E-state index in [4.69, 9.17) is 9.15 Å². The van der Waals surface area contributed by atoms with Crippen LogP contribution in [0.4, 0.5) is 4.79 Å². The lowest BCUT2D eigenvalue weighted by Crippen LogP contribution is -2.49. The largest absolute Gasteiger partial charge is 0.467 e. The summed E-state index contributed by atoms with van der Waals surface area (Å²) < 4.78 is 10.1. The van der Waals surface area contributed by atoms with Gasteiger partial charge in [-0.2, -0.15) is 0 Å². The molecule has 28 heavy (non-hydrogen) atoms. The van der Waals surface area contributed by atoms with Crippen LogP contribution in [0.3, 0.4) is 0 Å². The highest BCUT2D eigenvalue weighted by Crippen LogP contribution is 2.20. The molecule has 8 heteroatoms. The number of ether oxygens (including phenoxy) is 1. The summed E-state index contributed by atoms with van der Waals surface area (Å²) >= 11 is 0. The first-order valence-electron chi connectivity index (χ1n) is 8.93. The number of rotatable bonds is 6. The highest BCUT2D eigenvalue weighted by Gasteiger charge is 2.27. The van der Waals surface area contributed by atoms with Crippen molar-refractivity contribution < 1.29 is 23.5 Å². The summed E-state index contributed by atoms with van der Waals surface area (Å²) in [6.45, 7) is 8.95. The van der Waals surface area contributed by atoms with E-state index in [1.54, 1.807) is 26.0 Å². The molecule has 0 bridgehead atoms. The minimum atomic E-state index is -0.544. The van der Waals surface area contributed by atoms with E-state index in [-0.39, 0.29) is 30.6 Å². The van der Waals surface area contributed by atoms with Gasteiger partial charge in [0.1, 0.15) is 11.5 Å². The number of furan rings is 1. The Balaban J connectivity index is 2.28. The van der Waals surface area contributed by atoms with Crippen molar-refractivity contribution in [1.29, 1.82) is 0 Å². The van der Waals surface area contributed by atoms with Crippen LogP contribution in [-0.4, -0.2) is 46.9 Å². The number of carbonyl (C=O) groups excluding carboxylic acids is 3. The van der Waals surface area contributed by atoms with Crippen LogP contribution in [0, 0.1) is 13.8 Å². The topological polar surface area (TPSA) is 105 Å². The lowest BCUT2D eigenvalue weighted by atomic mass is 10.0. The fourth-order valence-corrected chi connectivity index (χ4v) is 2.92. The van der Waals surface area contributed by atoms with Crippen LogP contribution >= 0.6 is 0 Å². The quantitative estimate of drug-likeness (QED) is 0.583. The molecule has 8 nitrogen and oxygen atoms in total. The molecule has 2 N–H and O–H groups in total. The molecule has 0 radical (unpaired) electrons. The fraction of sp³-hybridized carbons (Fsp3) is 0.450. The van der Waals surface area contributed by atoms with Crippen LogP contribution in [0.2, 0.25) is 0 Å². The third-order valence-corrected chi connectivity index (χ3v) is 4.14. The number of aromatic amines is 1. The van der Waals surface area contributed by atoms with Gasteiger partial charge in [0.05, 0.1) is 26.5 Å². The molecule has 152 valence electrons. The fourth-order valence-electron chi connectivity index (χ4n) is 2.92. The van der Waals surface area contributed by atoms with Crippen molar-refractivity contribution in [3.05, 3.63) is 46.7 Å². The molecule has 0 atom stereocenters. The molecule has 2 aromatic heterocycles. The maximum Gasteiger partial charge on any atom is 0.354 e. The summed E-state index contributed by atoms with van der Waals surface area (Å²) in [6, 6.07) is 3.08. The van der Waals surface area contributed by atoms with Gasteiger partial charge >= 0.3 is 12.0 Å². The van der Waals surface area contributed by atoms with Crippen molar-refractivity contribution in [2.75, 3.05) is 13.7 Å². The van der Waals surface area contributed by atoms with E-state index in [2.05, 4.69) is 10.3 Å². The van der Waals surface area contributed by atoms with Gasteiger partial charge in [0.25, 0.3) is 0 Å². The minimum Gasteiger partial charge on any atom is -0.467 e. The molecule has 0 saturated heterocycles. The molecular weight excluding hydrogens is 362 g/mol. The Bertz CT molecular complexity index is 859. The molecule has 0 aromatic carbocycles. The number of urea groups is 1. The molecule has 2 aromatic rings. The zero-order valence-electron chi connectivity index (χ0n) is 17.1. The van der Waals surface area contributed by atoms with Gasteiger partial charge in [-0.05, 0) is 52.3 Å². The lowest BCUT2D eigenvalue weighted by Gasteiger charge is -2.27. The van der Waals surface area contributed by atoms with Crippen LogP contribution in [0.5, 0.6) is 0 Å². The SMILES string of the molecule is COC(=O)c1[nH]c(C)c(C(=O)CN(Cc2ccco2)C(=O)NC(C)(C)C)c1C. The number of Topliss-reactive ketones (excluding diaryl/α,β-unsaturated/α-hetero) is 1. The zero-order chi connectivity index (χ0) is 21.1. The second kappa shape index (κ2) is 8.33. The Morgan fingerprint density at radius 3 is 2.46 bits per heavy atom. The average molecular weight is 389 g/mol. The molecular formula is C20H27N3O5. The van der Waals surface area contributed by atoms with Gasteiger partial charge in [-0.25, -0.2) is 9.59 Å². The molecule has 0 unspecified atom stereocenters. The number of nitrogens with one attached hydrogen (secondary N) is 2. The molecule has 0 saturated carbocycles. The maximum absolute atomic E-state index is 13.0. The highest BCUT2D eigenvalue weighted by molar-refractivity contribution is 6.04. The number of aryl methyl sites for hydroxylation is 1. The first kappa shape index (κ1) is 21.3. The Morgan fingerprint density at radius 2 is 1.93 bits per heavy atom. The predicted octanol–water partition coefficient (Wildman–Crippen LogP) is 3.20. The number of esters is 1. The Morgan fingerprint density at radius 1 is 1.25 bits per heavy atom. The van der Waals surface area contributed by atoms with Crippen molar-refractivity contribution >= 4 is 17.8 Å². The summed E-state index contributed by atoms with van der Waals surface area (Å²) in [5, 5.41) is 2.86. The highest BCUT2D eigenvalue weighted by atomic mass is 16.5. The number of amides is 2. The van der Waals surface area contributed by atoms with Crippen LogP contribution < -0.4 is 5.32 Å². The molecule has 2 amide bonds. The number of ketones is 1. The minimum absolute atomic E-state index is 0.146. The molecule has 0 fully saturated rings. The second-order valence-corrected chi connectivity index (χ2v) is 7.66. The van der Waals surface area contributed by atoms with Gasteiger partial charge in [-0.3, -0.25) is 4.79 Å². The monoisotopic (exact) mass is 389 g/mol. The van der Waals surface area contributed by atoms with E-state index < -0.39 is 11.5 Å². The van der Waals surface area contributed by atoms with Gasteiger partial charge in [-0.15, -0.1) is 0 Å². The maximum atomic E-state index is 13.0. The molecule has 0 aliphatic carbocycles. The van der Waals surface area contributed by atoms with Crippen molar-refractivity contribution in [3.63, 3.8) is 0 Å². The Kier molecular flexibility index (Phi) is 6.33. The van der Waals surface area contributed by atoms with E-state index >= 15 is 0 Å². The summed E-state index contributed by atoms with van der Waals surface area (Å²) in [6.07, 6.45) is 1.51. The van der Waals surface area contributed by atoms with Crippen molar-refractivity contribution in [2.24, 2.45) is 0 Å². The number of methoxy groups -OCH3 is 1. The van der Waals surface area contributed by atoms with Crippen LogP contribution in [0.1, 0.15) is 58.6 Å². The van der Waals surface area contributed by atoms with Crippen LogP contribution in [-0.2, 0) is 11.3 Å².